The zero-order valence-electron chi connectivity index (χ0n) is 11.1. The average Bonchev–Trinajstić information content (AvgIpc) is 2.97. The molecule has 0 aliphatic heterocycles. The van der Waals surface area contributed by atoms with Crippen molar-refractivity contribution in [3.63, 3.8) is 0 Å². The molecule has 0 radical (unpaired) electrons. The van der Waals surface area contributed by atoms with Crippen molar-refractivity contribution in [2.24, 2.45) is 5.73 Å². The van der Waals surface area contributed by atoms with E-state index >= 15 is 0 Å². The Morgan fingerprint density at radius 3 is 2.67 bits per heavy atom. The lowest BCUT2D eigenvalue weighted by molar-refractivity contribution is 0.370. The number of nitrogens with two attached hydrogens (primary N) is 1. The molecule has 0 aliphatic rings. The highest BCUT2D eigenvalue weighted by Gasteiger charge is 2.14. The molecule has 0 amide bonds. The number of rotatable bonds is 4. The van der Waals surface area contributed by atoms with Crippen LogP contribution in [0.5, 0.6) is 0 Å². The van der Waals surface area contributed by atoms with Gasteiger partial charge in [0.15, 0.2) is 0 Å². The third-order valence-electron chi connectivity index (χ3n) is 3.05. The molecule has 0 spiro atoms. The zero-order chi connectivity index (χ0) is 14.7. The third kappa shape index (κ3) is 3.26. The number of benzene rings is 1. The van der Waals surface area contributed by atoms with Crippen LogP contribution in [0.2, 0.25) is 5.02 Å². The standard InChI is InChI=1S/C15H13ClN4O/c16-11-6-7-13(18-9-11)15-19-14(21-20-15)8-12(17)10-4-2-1-3-5-10/h1-7,9,12H,8,17H2. The van der Waals surface area contributed by atoms with Crippen LogP contribution < -0.4 is 5.73 Å². The topological polar surface area (TPSA) is 77.8 Å². The van der Waals surface area contributed by atoms with E-state index in [1.54, 1.807) is 18.3 Å². The van der Waals surface area contributed by atoms with Crippen LogP contribution in [0.1, 0.15) is 17.5 Å². The summed E-state index contributed by atoms with van der Waals surface area (Å²) in [5, 5.41) is 4.48. The summed E-state index contributed by atoms with van der Waals surface area (Å²) in [5.41, 5.74) is 7.78. The zero-order valence-corrected chi connectivity index (χ0v) is 11.9. The van der Waals surface area contributed by atoms with Gasteiger partial charge in [0.05, 0.1) is 5.02 Å². The first kappa shape index (κ1) is 13.7. The van der Waals surface area contributed by atoms with Crippen LogP contribution >= 0.6 is 11.6 Å². The van der Waals surface area contributed by atoms with Crippen LogP contribution in [0.15, 0.2) is 53.2 Å². The third-order valence-corrected chi connectivity index (χ3v) is 3.27. The Hall–Kier alpha value is -2.24. The largest absolute Gasteiger partial charge is 0.339 e. The van der Waals surface area contributed by atoms with E-state index in [9.17, 15) is 0 Å². The van der Waals surface area contributed by atoms with Crippen molar-refractivity contribution in [1.82, 2.24) is 15.1 Å². The second-order valence-electron chi connectivity index (χ2n) is 4.59. The fourth-order valence-corrected chi connectivity index (χ4v) is 2.07. The lowest BCUT2D eigenvalue weighted by Crippen LogP contribution is -2.13. The van der Waals surface area contributed by atoms with Crippen LogP contribution in [0.3, 0.4) is 0 Å². The van der Waals surface area contributed by atoms with E-state index in [2.05, 4.69) is 15.1 Å². The molecule has 0 saturated carbocycles. The molecule has 5 nitrogen and oxygen atoms in total. The summed E-state index contributed by atoms with van der Waals surface area (Å²) in [6.07, 6.45) is 2.02. The summed E-state index contributed by atoms with van der Waals surface area (Å²) in [5.74, 6) is 0.917. The first-order valence-electron chi connectivity index (χ1n) is 6.47. The summed E-state index contributed by atoms with van der Waals surface area (Å²) in [4.78, 5) is 8.46. The summed E-state index contributed by atoms with van der Waals surface area (Å²) in [7, 11) is 0. The number of nitrogens with zero attached hydrogens (tertiary/aromatic N) is 3. The Morgan fingerprint density at radius 1 is 1.14 bits per heavy atom. The van der Waals surface area contributed by atoms with Gasteiger partial charge in [-0.2, -0.15) is 4.98 Å². The average molecular weight is 301 g/mol. The van der Waals surface area contributed by atoms with Gasteiger partial charge in [-0.1, -0.05) is 47.1 Å². The highest BCUT2D eigenvalue weighted by molar-refractivity contribution is 6.30. The number of pyridine rings is 1. The molecule has 3 aromatic rings. The van der Waals surface area contributed by atoms with E-state index < -0.39 is 0 Å². The van der Waals surface area contributed by atoms with Crippen molar-refractivity contribution in [2.45, 2.75) is 12.5 Å². The van der Waals surface area contributed by atoms with Crippen molar-refractivity contribution < 1.29 is 4.52 Å². The Balaban J connectivity index is 1.75. The van der Waals surface area contributed by atoms with Gasteiger partial charge in [0, 0.05) is 18.7 Å². The van der Waals surface area contributed by atoms with Gasteiger partial charge in [-0.25, -0.2) is 0 Å². The van der Waals surface area contributed by atoms with E-state index in [0.717, 1.165) is 5.56 Å². The van der Waals surface area contributed by atoms with Gasteiger partial charge in [-0.3, -0.25) is 4.98 Å². The van der Waals surface area contributed by atoms with E-state index in [0.29, 0.717) is 28.9 Å². The Morgan fingerprint density at radius 2 is 1.95 bits per heavy atom. The van der Waals surface area contributed by atoms with Crippen LogP contribution in [-0.2, 0) is 6.42 Å². The second kappa shape index (κ2) is 6.03. The minimum atomic E-state index is -0.183. The van der Waals surface area contributed by atoms with E-state index in [-0.39, 0.29) is 6.04 Å². The predicted molar refractivity (Wildman–Crippen MR) is 79.6 cm³/mol. The van der Waals surface area contributed by atoms with Crippen LogP contribution in [0.4, 0.5) is 0 Å². The lowest BCUT2D eigenvalue weighted by Gasteiger charge is -2.08. The molecule has 0 aliphatic carbocycles. The predicted octanol–water partition coefficient (Wildman–Crippen LogP) is 3.03. The van der Waals surface area contributed by atoms with Gasteiger partial charge in [0.1, 0.15) is 5.69 Å². The fourth-order valence-electron chi connectivity index (χ4n) is 1.96. The molecule has 0 fully saturated rings. The van der Waals surface area contributed by atoms with Crippen LogP contribution in [0, 0.1) is 0 Å². The van der Waals surface area contributed by atoms with Crippen molar-refractivity contribution in [3.05, 3.63) is 65.1 Å². The van der Waals surface area contributed by atoms with Crippen molar-refractivity contribution in [3.8, 4) is 11.5 Å². The van der Waals surface area contributed by atoms with Gasteiger partial charge < -0.3 is 10.3 Å². The minimum Gasteiger partial charge on any atom is -0.339 e. The fraction of sp³-hybridized carbons (Fsp3) is 0.133. The van der Waals surface area contributed by atoms with Gasteiger partial charge in [0.25, 0.3) is 0 Å². The Labute approximate surface area is 126 Å². The van der Waals surface area contributed by atoms with Crippen molar-refractivity contribution in [2.75, 3.05) is 0 Å². The molecule has 3 rings (SSSR count). The number of aromatic nitrogens is 3. The highest BCUT2D eigenvalue weighted by Crippen LogP contribution is 2.18. The molecular weight excluding hydrogens is 288 g/mol. The molecule has 2 aromatic heterocycles. The molecule has 2 N–H and O–H groups in total. The van der Waals surface area contributed by atoms with Crippen LogP contribution in [-0.4, -0.2) is 15.1 Å². The molecule has 2 heterocycles. The maximum atomic E-state index is 6.13. The summed E-state index contributed by atoms with van der Waals surface area (Å²) >= 11 is 5.80. The SMILES string of the molecule is NC(Cc1nc(-c2ccc(Cl)cn2)no1)c1ccccc1. The summed E-state index contributed by atoms with van der Waals surface area (Å²) < 4.78 is 5.23. The van der Waals surface area contributed by atoms with Gasteiger partial charge in [-0.15, -0.1) is 0 Å². The normalized spacial score (nSPS) is 12.3. The van der Waals surface area contributed by atoms with E-state index in [1.807, 2.05) is 30.3 Å². The summed E-state index contributed by atoms with van der Waals surface area (Å²) in [6.45, 7) is 0. The molecular formula is C15H13ClN4O. The van der Waals surface area contributed by atoms with Crippen molar-refractivity contribution >= 4 is 11.6 Å². The quantitative estimate of drug-likeness (QED) is 0.801. The molecule has 1 unspecified atom stereocenters. The maximum Gasteiger partial charge on any atom is 0.228 e. The van der Waals surface area contributed by atoms with Gasteiger partial charge in [0.2, 0.25) is 11.7 Å². The number of halogens is 1. The lowest BCUT2D eigenvalue weighted by atomic mass is 10.1. The first-order valence-corrected chi connectivity index (χ1v) is 6.85. The number of hydrogen-bond donors (Lipinski definition) is 1. The number of hydrogen-bond acceptors (Lipinski definition) is 5. The summed E-state index contributed by atoms with van der Waals surface area (Å²) in [6, 6.07) is 13.1. The van der Waals surface area contributed by atoms with E-state index in [4.69, 9.17) is 21.9 Å². The molecule has 1 atom stereocenters. The Kier molecular flexibility index (Phi) is 3.94. The molecule has 6 heteroatoms. The smallest absolute Gasteiger partial charge is 0.228 e. The second-order valence-corrected chi connectivity index (χ2v) is 5.03. The molecule has 0 bridgehead atoms. The van der Waals surface area contributed by atoms with Crippen molar-refractivity contribution in [1.29, 1.82) is 0 Å². The first-order chi connectivity index (χ1) is 10.2. The Bertz CT molecular complexity index is 712. The van der Waals surface area contributed by atoms with Crippen LogP contribution in [0.25, 0.3) is 11.5 Å². The molecule has 21 heavy (non-hydrogen) atoms. The minimum absolute atomic E-state index is 0.183. The molecule has 1 aromatic carbocycles. The maximum absolute atomic E-state index is 6.13. The molecule has 106 valence electrons. The highest BCUT2D eigenvalue weighted by atomic mass is 35.5. The van der Waals surface area contributed by atoms with Gasteiger partial charge in [-0.05, 0) is 17.7 Å². The monoisotopic (exact) mass is 300 g/mol. The molecule has 0 saturated heterocycles. The van der Waals surface area contributed by atoms with Gasteiger partial charge >= 0.3 is 0 Å². The van der Waals surface area contributed by atoms with E-state index in [1.165, 1.54) is 0 Å².